The third-order valence-electron chi connectivity index (χ3n) is 3.34. The summed E-state index contributed by atoms with van der Waals surface area (Å²) in [6.07, 6.45) is 5.36. The van der Waals surface area contributed by atoms with E-state index in [4.69, 9.17) is 0 Å². The first-order valence-electron chi connectivity index (χ1n) is 6.73. The van der Waals surface area contributed by atoms with Gasteiger partial charge < -0.3 is 5.32 Å². The number of nitrogens with zero attached hydrogens (tertiary/aromatic N) is 3. The van der Waals surface area contributed by atoms with Crippen molar-refractivity contribution in [1.29, 1.82) is 0 Å². The Balaban J connectivity index is 2.15. The number of pyridine rings is 1. The van der Waals surface area contributed by atoms with Crippen LogP contribution in [0, 0.1) is 0 Å². The molecule has 3 aromatic rings. The fourth-order valence-electron chi connectivity index (χ4n) is 2.46. The van der Waals surface area contributed by atoms with Crippen molar-refractivity contribution in [2.24, 2.45) is 0 Å². The Bertz CT molecular complexity index is 692. The summed E-state index contributed by atoms with van der Waals surface area (Å²) < 4.78 is 0. The molecular formula is C16H16N4. The lowest BCUT2D eigenvalue weighted by Crippen LogP contribution is -2.22. The molecule has 0 saturated carbocycles. The first-order chi connectivity index (χ1) is 9.90. The van der Waals surface area contributed by atoms with Crippen molar-refractivity contribution in [2.45, 2.75) is 13.0 Å². The predicted octanol–water partition coefficient (Wildman–Crippen LogP) is 2.72. The van der Waals surface area contributed by atoms with Crippen LogP contribution in [-0.2, 0) is 0 Å². The molecule has 0 spiro atoms. The lowest BCUT2D eigenvalue weighted by molar-refractivity contribution is 0.630. The summed E-state index contributed by atoms with van der Waals surface area (Å²) in [6.45, 7) is 2.98. The number of hydrogen-bond donors (Lipinski definition) is 1. The molecule has 0 saturated heterocycles. The van der Waals surface area contributed by atoms with Crippen LogP contribution in [0.4, 0.5) is 0 Å². The fraction of sp³-hybridized carbons (Fsp3) is 0.188. The summed E-state index contributed by atoms with van der Waals surface area (Å²) in [5, 5.41) is 12.5. The van der Waals surface area contributed by atoms with E-state index in [9.17, 15) is 0 Å². The SMILES string of the molecule is CCNC(c1ccnnc1)c1cccc2ncccc12. The molecule has 4 heteroatoms. The zero-order valence-electron chi connectivity index (χ0n) is 11.3. The Kier molecular flexibility index (Phi) is 3.65. The topological polar surface area (TPSA) is 50.7 Å². The molecule has 0 radical (unpaired) electrons. The largest absolute Gasteiger partial charge is 0.306 e. The summed E-state index contributed by atoms with van der Waals surface area (Å²) >= 11 is 0. The van der Waals surface area contributed by atoms with E-state index in [-0.39, 0.29) is 6.04 Å². The highest BCUT2D eigenvalue weighted by atomic mass is 15.1. The Labute approximate surface area is 117 Å². The minimum atomic E-state index is 0.100. The van der Waals surface area contributed by atoms with Crippen LogP contribution in [0.2, 0.25) is 0 Å². The van der Waals surface area contributed by atoms with E-state index in [0.29, 0.717) is 0 Å². The molecule has 1 atom stereocenters. The summed E-state index contributed by atoms with van der Waals surface area (Å²) in [6, 6.07) is 12.4. The normalized spacial score (nSPS) is 12.4. The van der Waals surface area contributed by atoms with Gasteiger partial charge in [0.05, 0.1) is 17.8 Å². The van der Waals surface area contributed by atoms with Crippen LogP contribution >= 0.6 is 0 Å². The molecule has 0 amide bonds. The van der Waals surface area contributed by atoms with E-state index in [1.807, 2.05) is 36.7 Å². The number of hydrogen-bond acceptors (Lipinski definition) is 4. The highest BCUT2D eigenvalue weighted by Gasteiger charge is 2.15. The maximum Gasteiger partial charge on any atom is 0.0705 e. The Morgan fingerprint density at radius 1 is 1.05 bits per heavy atom. The molecular weight excluding hydrogens is 248 g/mol. The molecule has 2 aromatic heterocycles. The van der Waals surface area contributed by atoms with Crippen molar-refractivity contribution in [2.75, 3.05) is 6.54 Å². The quantitative estimate of drug-likeness (QED) is 0.787. The highest BCUT2D eigenvalue weighted by Crippen LogP contribution is 2.27. The Hall–Kier alpha value is -2.33. The van der Waals surface area contributed by atoms with Crippen molar-refractivity contribution in [3.63, 3.8) is 0 Å². The zero-order chi connectivity index (χ0) is 13.8. The van der Waals surface area contributed by atoms with Gasteiger partial charge >= 0.3 is 0 Å². The van der Waals surface area contributed by atoms with Crippen LogP contribution in [0.15, 0.2) is 55.0 Å². The zero-order valence-corrected chi connectivity index (χ0v) is 11.3. The van der Waals surface area contributed by atoms with E-state index in [2.05, 4.69) is 39.6 Å². The molecule has 3 rings (SSSR count). The van der Waals surface area contributed by atoms with E-state index < -0.39 is 0 Å². The first-order valence-corrected chi connectivity index (χ1v) is 6.73. The van der Waals surface area contributed by atoms with Gasteiger partial charge in [-0.05, 0) is 35.9 Å². The van der Waals surface area contributed by atoms with Gasteiger partial charge in [-0.25, -0.2) is 0 Å². The smallest absolute Gasteiger partial charge is 0.0705 e. The summed E-state index contributed by atoms with van der Waals surface area (Å²) in [5.74, 6) is 0. The summed E-state index contributed by atoms with van der Waals surface area (Å²) in [7, 11) is 0. The second kappa shape index (κ2) is 5.75. The maximum atomic E-state index is 4.42. The minimum absolute atomic E-state index is 0.100. The highest BCUT2D eigenvalue weighted by molar-refractivity contribution is 5.82. The molecule has 0 aliphatic rings. The van der Waals surface area contributed by atoms with Crippen molar-refractivity contribution >= 4 is 10.9 Å². The van der Waals surface area contributed by atoms with Crippen LogP contribution in [-0.4, -0.2) is 21.7 Å². The van der Waals surface area contributed by atoms with Crippen molar-refractivity contribution in [1.82, 2.24) is 20.5 Å². The number of rotatable bonds is 4. The molecule has 20 heavy (non-hydrogen) atoms. The number of nitrogens with one attached hydrogen (secondary N) is 1. The average molecular weight is 264 g/mol. The van der Waals surface area contributed by atoms with Gasteiger partial charge in [0, 0.05) is 17.8 Å². The third kappa shape index (κ3) is 2.38. The molecule has 0 aliphatic carbocycles. The fourth-order valence-corrected chi connectivity index (χ4v) is 2.46. The molecule has 100 valence electrons. The second-order valence-corrected chi connectivity index (χ2v) is 4.58. The Morgan fingerprint density at radius 3 is 2.80 bits per heavy atom. The first kappa shape index (κ1) is 12.7. The van der Waals surface area contributed by atoms with Gasteiger partial charge in [0.1, 0.15) is 0 Å². The van der Waals surface area contributed by atoms with E-state index in [0.717, 1.165) is 23.0 Å². The number of fused-ring (bicyclic) bond motifs is 1. The molecule has 1 N–H and O–H groups in total. The van der Waals surface area contributed by atoms with Crippen LogP contribution in [0.3, 0.4) is 0 Å². The lowest BCUT2D eigenvalue weighted by Gasteiger charge is -2.20. The Morgan fingerprint density at radius 2 is 2.00 bits per heavy atom. The van der Waals surface area contributed by atoms with E-state index in [1.54, 1.807) is 6.20 Å². The van der Waals surface area contributed by atoms with Crippen LogP contribution < -0.4 is 5.32 Å². The van der Waals surface area contributed by atoms with Gasteiger partial charge in [-0.1, -0.05) is 25.1 Å². The van der Waals surface area contributed by atoms with Gasteiger partial charge in [-0.3, -0.25) is 4.98 Å². The minimum Gasteiger partial charge on any atom is -0.306 e. The van der Waals surface area contributed by atoms with Crippen LogP contribution in [0.1, 0.15) is 24.1 Å². The molecule has 1 unspecified atom stereocenters. The van der Waals surface area contributed by atoms with Gasteiger partial charge in [0.15, 0.2) is 0 Å². The molecule has 0 aliphatic heterocycles. The second-order valence-electron chi connectivity index (χ2n) is 4.58. The van der Waals surface area contributed by atoms with Crippen LogP contribution in [0.25, 0.3) is 10.9 Å². The third-order valence-corrected chi connectivity index (χ3v) is 3.34. The van der Waals surface area contributed by atoms with Crippen molar-refractivity contribution in [3.8, 4) is 0 Å². The number of benzene rings is 1. The number of aromatic nitrogens is 3. The molecule has 0 fully saturated rings. The summed E-state index contributed by atoms with van der Waals surface area (Å²) in [4.78, 5) is 4.42. The maximum absolute atomic E-state index is 4.42. The van der Waals surface area contributed by atoms with Gasteiger partial charge in [-0.2, -0.15) is 10.2 Å². The predicted molar refractivity (Wildman–Crippen MR) is 79.3 cm³/mol. The molecule has 0 bridgehead atoms. The lowest BCUT2D eigenvalue weighted by atomic mass is 9.96. The van der Waals surface area contributed by atoms with Gasteiger partial charge in [0.2, 0.25) is 0 Å². The monoisotopic (exact) mass is 264 g/mol. The van der Waals surface area contributed by atoms with Crippen LogP contribution in [0.5, 0.6) is 0 Å². The van der Waals surface area contributed by atoms with Gasteiger partial charge in [0.25, 0.3) is 0 Å². The standard InChI is InChI=1S/C16H16N4/c1-2-17-16(12-8-10-19-20-11-12)14-5-3-7-15-13(14)6-4-9-18-15/h3-11,16-17H,2H2,1H3. The molecule has 2 heterocycles. The molecule has 1 aromatic carbocycles. The van der Waals surface area contributed by atoms with Crippen molar-refractivity contribution in [3.05, 3.63) is 66.1 Å². The van der Waals surface area contributed by atoms with Crippen molar-refractivity contribution < 1.29 is 0 Å². The molecule has 4 nitrogen and oxygen atoms in total. The van der Waals surface area contributed by atoms with E-state index in [1.165, 1.54) is 5.56 Å². The average Bonchev–Trinajstić information content (AvgIpc) is 2.53. The summed E-state index contributed by atoms with van der Waals surface area (Å²) in [5.41, 5.74) is 3.33. The van der Waals surface area contributed by atoms with E-state index >= 15 is 0 Å². The van der Waals surface area contributed by atoms with Gasteiger partial charge in [-0.15, -0.1) is 0 Å².